The van der Waals surface area contributed by atoms with Gasteiger partial charge in [-0.2, -0.15) is 0 Å². The molecule has 6 heteroatoms. The van der Waals surface area contributed by atoms with E-state index in [1.54, 1.807) is 14.0 Å². The van der Waals surface area contributed by atoms with E-state index in [1.165, 1.54) is 11.8 Å². The maximum absolute atomic E-state index is 12.4. The molecule has 2 N–H and O–H groups in total. The molecule has 2 aromatic rings. The van der Waals surface area contributed by atoms with Crippen LogP contribution in [0.25, 0.3) is 0 Å². The van der Waals surface area contributed by atoms with Crippen molar-refractivity contribution in [3.05, 3.63) is 60.2 Å². The minimum Gasteiger partial charge on any atom is -0.497 e. The highest BCUT2D eigenvalue weighted by Gasteiger charge is 2.23. The fourth-order valence-electron chi connectivity index (χ4n) is 2.25. The van der Waals surface area contributed by atoms with E-state index >= 15 is 0 Å². The number of nitrogens with one attached hydrogen (secondary N) is 1. The number of hydrogen-bond acceptors (Lipinski definition) is 4. The van der Waals surface area contributed by atoms with Crippen LogP contribution in [-0.4, -0.2) is 35.4 Å². The zero-order valence-corrected chi connectivity index (χ0v) is 15.0. The van der Waals surface area contributed by atoms with Gasteiger partial charge in [0.15, 0.2) is 0 Å². The number of benzene rings is 2. The van der Waals surface area contributed by atoms with Crippen LogP contribution < -0.4 is 10.1 Å². The Morgan fingerprint density at radius 2 is 1.76 bits per heavy atom. The van der Waals surface area contributed by atoms with E-state index in [9.17, 15) is 14.7 Å². The zero-order chi connectivity index (χ0) is 18.2. The van der Waals surface area contributed by atoms with Gasteiger partial charge in [-0.15, -0.1) is 11.8 Å². The summed E-state index contributed by atoms with van der Waals surface area (Å²) in [7, 11) is 1.59. The van der Waals surface area contributed by atoms with E-state index in [2.05, 4.69) is 5.32 Å². The van der Waals surface area contributed by atoms with Crippen LogP contribution in [-0.2, 0) is 16.0 Å². The van der Waals surface area contributed by atoms with Gasteiger partial charge in [-0.25, -0.2) is 4.79 Å². The first-order chi connectivity index (χ1) is 12.0. The Morgan fingerprint density at radius 1 is 1.12 bits per heavy atom. The number of rotatable bonds is 8. The zero-order valence-electron chi connectivity index (χ0n) is 14.1. The van der Waals surface area contributed by atoms with Gasteiger partial charge >= 0.3 is 5.97 Å². The topological polar surface area (TPSA) is 75.6 Å². The van der Waals surface area contributed by atoms with Crippen molar-refractivity contribution in [1.29, 1.82) is 0 Å². The molecular weight excluding hydrogens is 338 g/mol. The monoisotopic (exact) mass is 359 g/mol. The van der Waals surface area contributed by atoms with Gasteiger partial charge in [0.05, 0.1) is 12.4 Å². The van der Waals surface area contributed by atoms with Crippen LogP contribution in [0.5, 0.6) is 5.75 Å². The number of ether oxygens (including phenoxy) is 1. The van der Waals surface area contributed by atoms with Gasteiger partial charge in [0.2, 0.25) is 5.91 Å². The van der Waals surface area contributed by atoms with Crippen molar-refractivity contribution in [1.82, 2.24) is 5.32 Å². The molecule has 1 amide bonds. The van der Waals surface area contributed by atoms with E-state index in [4.69, 9.17) is 4.74 Å². The molecule has 0 aliphatic carbocycles. The molecule has 2 unspecified atom stereocenters. The molecule has 2 aromatic carbocycles. The minimum atomic E-state index is -1.04. The van der Waals surface area contributed by atoms with Gasteiger partial charge in [0.25, 0.3) is 0 Å². The van der Waals surface area contributed by atoms with Crippen LogP contribution in [0.3, 0.4) is 0 Å². The van der Waals surface area contributed by atoms with Gasteiger partial charge in [-0.3, -0.25) is 4.79 Å². The summed E-state index contributed by atoms with van der Waals surface area (Å²) in [5.74, 6) is -0.599. The first kappa shape index (κ1) is 18.9. The smallest absolute Gasteiger partial charge is 0.326 e. The molecule has 0 spiro atoms. The minimum absolute atomic E-state index is 0.252. The average Bonchev–Trinajstić information content (AvgIpc) is 2.62. The molecule has 0 aromatic heterocycles. The summed E-state index contributed by atoms with van der Waals surface area (Å²) < 4.78 is 5.10. The van der Waals surface area contributed by atoms with Crippen LogP contribution in [0.15, 0.2) is 59.5 Å². The van der Waals surface area contributed by atoms with Crippen LogP contribution in [0.4, 0.5) is 0 Å². The summed E-state index contributed by atoms with van der Waals surface area (Å²) in [6.45, 7) is 1.76. The SMILES string of the molecule is COc1ccc(SC(C)C(=O)NC(Cc2ccccc2)C(=O)O)cc1. The lowest BCUT2D eigenvalue weighted by molar-refractivity contribution is -0.141. The molecular formula is C19H21NO4S. The number of carbonyl (C=O) groups is 2. The Labute approximate surface area is 151 Å². The van der Waals surface area contributed by atoms with E-state index in [-0.39, 0.29) is 12.3 Å². The van der Waals surface area contributed by atoms with E-state index in [0.29, 0.717) is 0 Å². The van der Waals surface area contributed by atoms with Gasteiger partial charge < -0.3 is 15.2 Å². The van der Waals surface area contributed by atoms with Gasteiger partial charge in [-0.1, -0.05) is 30.3 Å². The molecule has 0 bridgehead atoms. The van der Waals surface area contributed by atoms with Gasteiger partial charge in [0, 0.05) is 11.3 Å². The normalized spacial score (nSPS) is 12.9. The largest absolute Gasteiger partial charge is 0.497 e. The molecule has 5 nitrogen and oxygen atoms in total. The molecule has 0 saturated heterocycles. The highest BCUT2D eigenvalue weighted by Crippen LogP contribution is 2.25. The second-order valence-corrected chi connectivity index (χ2v) is 6.94. The quantitative estimate of drug-likeness (QED) is 0.709. The molecule has 0 fully saturated rings. The molecule has 25 heavy (non-hydrogen) atoms. The Morgan fingerprint density at radius 3 is 2.32 bits per heavy atom. The molecule has 0 aliphatic rings. The summed E-state index contributed by atoms with van der Waals surface area (Å²) in [5, 5.41) is 11.6. The number of carboxylic acids is 1. The third-order valence-electron chi connectivity index (χ3n) is 3.64. The lowest BCUT2D eigenvalue weighted by Gasteiger charge is -2.18. The van der Waals surface area contributed by atoms with Crippen molar-refractivity contribution < 1.29 is 19.4 Å². The fourth-order valence-corrected chi connectivity index (χ4v) is 3.13. The highest BCUT2D eigenvalue weighted by molar-refractivity contribution is 8.00. The number of aliphatic carboxylic acids is 1. The standard InChI is InChI=1S/C19H21NO4S/c1-13(25-16-10-8-15(24-2)9-11-16)18(21)20-17(19(22)23)12-14-6-4-3-5-7-14/h3-11,13,17H,12H2,1-2H3,(H,20,21)(H,22,23). The molecule has 132 valence electrons. The number of carbonyl (C=O) groups excluding carboxylic acids is 1. The number of amides is 1. The third kappa shape index (κ3) is 5.83. The number of carboxylic acid groups (broad SMARTS) is 1. The van der Waals surface area contributed by atoms with Gasteiger partial charge in [-0.05, 0) is 36.8 Å². The molecule has 0 heterocycles. The molecule has 2 rings (SSSR count). The molecule has 0 aliphatic heterocycles. The third-order valence-corrected chi connectivity index (χ3v) is 4.75. The van der Waals surface area contributed by atoms with E-state index < -0.39 is 17.3 Å². The Kier molecular flexibility index (Phi) is 6.89. The first-order valence-electron chi connectivity index (χ1n) is 7.87. The van der Waals surface area contributed by atoms with Crippen LogP contribution >= 0.6 is 11.8 Å². The Bertz CT molecular complexity index is 703. The van der Waals surface area contributed by atoms with Crippen molar-refractivity contribution in [2.24, 2.45) is 0 Å². The van der Waals surface area contributed by atoms with Crippen molar-refractivity contribution in [3.8, 4) is 5.75 Å². The first-order valence-corrected chi connectivity index (χ1v) is 8.75. The van der Waals surface area contributed by atoms with Crippen molar-refractivity contribution in [2.45, 2.75) is 29.5 Å². The molecule has 0 saturated carbocycles. The summed E-state index contributed by atoms with van der Waals surface area (Å²) in [6.07, 6.45) is 0.252. The maximum Gasteiger partial charge on any atom is 0.326 e. The van der Waals surface area contributed by atoms with Crippen molar-refractivity contribution in [3.63, 3.8) is 0 Å². The summed E-state index contributed by atoms with van der Waals surface area (Å²) in [6, 6.07) is 15.7. The predicted octanol–water partition coefficient (Wildman–Crippen LogP) is 2.99. The second-order valence-electron chi connectivity index (χ2n) is 5.52. The Hall–Kier alpha value is -2.47. The maximum atomic E-state index is 12.4. The lowest BCUT2D eigenvalue weighted by atomic mass is 10.1. The summed E-state index contributed by atoms with van der Waals surface area (Å²) in [5.41, 5.74) is 0.866. The number of thioether (sulfide) groups is 1. The van der Waals surface area contributed by atoms with Crippen molar-refractivity contribution in [2.75, 3.05) is 7.11 Å². The highest BCUT2D eigenvalue weighted by atomic mass is 32.2. The lowest BCUT2D eigenvalue weighted by Crippen LogP contribution is -2.45. The number of hydrogen-bond donors (Lipinski definition) is 2. The molecule has 2 atom stereocenters. The second kappa shape index (κ2) is 9.13. The summed E-state index contributed by atoms with van der Waals surface area (Å²) in [4.78, 5) is 24.7. The number of methoxy groups -OCH3 is 1. The van der Waals surface area contributed by atoms with Crippen LogP contribution in [0.1, 0.15) is 12.5 Å². The van der Waals surface area contributed by atoms with Crippen LogP contribution in [0, 0.1) is 0 Å². The van der Waals surface area contributed by atoms with Crippen molar-refractivity contribution >= 4 is 23.6 Å². The average molecular weight is 359 g/mol. The summed E-state index contributed by atoms with van der Waals surface area (Å²) >= 11 is 1.37. The molecule has 0 radical (unpaired) electrons. The van der Waals surface area contributed by atoms with Crippen LogP contribution in [0.2, 0.25) is 0 Å². The Balaban J connectivity index is 1.95. The van der Waals surface area contributed by atoms with E-state index in [0.717, 1.165) is 16.2 Å². The predicted molar refractivity (Wildman–Crippen MR) is 98.0 cm³/mol. The fraction of sp³-hybridized carbons (Fsp3) is 0.263. The van der Waals surface area contributed by atoms with E-state index in [1.807, 2.05) is 54.6 Å². The van der Waals surface area contributed by atoms with Gasteiger partial charge in [0.1, 0.15) is 11.8 Å².